The van der Waals surface area contributed by atoms with Gasteiger partial charge in [-0.3, -0.25) is 19.1 Å². The van der Waals surface area contributed by atoms with Crippen LogP contribution in [0, 0.1) is 12.8 Å². The lowest BCUT2D eigenvalue weighted by atomic mass is 9.88. The van der Waals surface area contributed by atoms with E-state index >= 15 is 0 Å². The van der Waals surface area contributed by atoms with E-state index < -0.39 is 5.92 Å². The van der Waals surface area contributed by atoms with Gasteiger partial charge in [0.25, 0.3) is 5.91 Å². The second-order valence-electron chi connectivity index (χ2n) is 10.6. The number of ether oxygens (including phenoxy) is 1. The van der Waals surface area contributed by atoms with Crippen LogP contribution in [0.25, 0.3) is 11.1 Å². The third kappa shape index (κ3) is 5.76. The summed E-state index contributed by atoms with van der Waals surface area (Å²) in [5.41, 5.74) is 2.54. The molecule has 1 fully saturated rings. The van der Waals surface area contributed by atoms with Crippen molar-refractivity contribution in [2.75, 3.05) is 45.9 Å². The van der Waals surface area contributed by atoms with Gasteiger partial charge in [-0.15, -0.1) is 0 Å². The van der Waals surface area contributed by atoms with E-state index in [1.54, 1.807) is 28.5 Å². The standard InChI is InChI=1S/C30H33N5O6/c1-20-16-25(32-41-20)29(37)34-18-23-21-6-4-7-22(17-21)39-15-5-11-33(12-10-31-28(36)24(23)19-34)13-14-35-26-8-2-3-9-27(26)40-30(35)38/h2-4,6-9,16-17,23-24H,5,10-15,18-19H2,1H3,(H,31,36)/t23-,24+/m1/s1. The number of carbonyl (C=O) groups is 2. The number of para-hydroxylation sites is 2. The molecule has 1 N–H and O–H groups in total. The predicted molar refractivity (Wildman–Crippen MR) is 150 cm³/mol. The van der Waals surface area contributed by atoms with Gasteiger partial charge < -0.3 is 23.9 Å². The number of hydrogen-bond donors (Lipinski definition) is 1. The Bertz CT molecular complexity index is 1610. The van der Waals surface area contributed by atoms with Crippen LogP contribution in [0.2, 0.25) is 0 Å². The van der Waals surface area contributed by atoms with Crippen LogP contribution in [0.15, 0.2) is 68.3 Å². The largest absolute Gasteiger partial charge is 0.494 e. The number of oxazole rings is 1. The maximum absolute atomic E-state index is 13.5. The van der Waals surface area contributed by atoms with E-state index in [2.05, 4.69) is 15.4 Å². The van der Waals surface area contributed by atoms with E-state index in [0.717, 1.165) is 29.8 Å². The number of nitrogens with zero attached hydrogens (tertiary/aromatic N) is 4. The van der Waals surface area contributed by atoms with E-state index in [0.29, 0.717) is 50.7 Å². The number of fused-ring (bicyclic) bond motifs is 5. The number of carbonyl (C=O) groups excluding carboxylic acids is 2. The molecular weight excluding hydrogens is 526 g/mol. The van der Waals surface area contributed by atoms with Gasteiger partial charge in [0.05, 0.1) is 18.0 Å². The number of aryl methyl sites for hydroxylation is 1. The summed E-state index contributed by atoms with van der Waals surface area (Å²) in [5.74, 6) is -0.0346. The van der Waals surface area contributed by atoms with E-state index in [9.17, 15) is 14.4 Å². The van der Waals surface area contributed by atoms with Gasteiger partial charge >= 0.3 is 5.76 Å². The fraction of sp³-hybridized carbons (Fsp3) is 0.400. The SMILES string of the molecule is Cc1cc(C(=O)N2C[C@@H]3C(=O)NCCN(CCn4c(=O)oc5ccccc54)CCCOc4cccc(c4)[C@H]3C2)no1. The molecule has 0 saturated carbocycles. The molecule has 2 bridgehead atoms. The lowest BCUT2D eigenvalue weighted by Crippen LogP contribution is -2.41. The van der Waals surface area contributed by atoms with Crippen molar-refractivity contribution in [2.24, 2.45) is 5.92 Å². The Kier molecular flexibility index (Phi) is 7.60. The fourth-order valence-corrected chi connectivity index (χ4v) is 5.79. The van der Waals surface area contributed by atoms with Gasteiger partial charge in [-0.1, -0.05) is 29.4 Å². The van der Waals surface area contributed by atoms with Crippen molar-refractivity contribution < 1.29 is 23.3 Å². The fourth-order valence-electron chi connectivity index (χ4n) is 5.79. The first-order chi connectivity index (χ1) is 20.0. The Hall–Kier alpha value is -4.38. The third-order valence-corrected chi connectivity index (χ3v) is 7.91. The molecule has 0 unspecified atom stereocenters. The maximum atomic E-state index is 13.5. The highest BCUT2D eigenvalue weighted by atomic mass is 16.5. The van der Waals surface area contributed by atoms with Gasteiger partial charge in [-0.25, -0.2) is 4.79 Å². The lowest BCUT2D eigenvalue weighted by molar-refractivity contribution is -0.125. The first-order valence-electron chi connectivity index (χ1n) is 14.0. The van der Waals surface area contributed by atoms with Gasteiger partial charge in [-0.2, -0.15) is 0 Å². The predicted octanol–water partition coefficient (Wildman–Crippen LogP) is 2.65. The Morgan fingerprint density at radius 3 is 2.73 bits per heavy atom. The van der Waals surface area contributed by atoms with Crippen LogP contribution in [-0.2, 0) is 11.3 Å². The first kappa shape index (κ1) is 26.8. The number of aromatic nitrogens is 2. The summed E-state index contributed by atoms with van der Waals surface area (Å²) in [7, 11) is 0. The molecule has 11 heteroatoms. The quantitative estimate of drug-likeness (QED) is 0.405. The minimum Gasteiger partial charge on any atom is -0.494 e. The summed E-state index contributed by atoms with van der Waals surface area (Å²) in [4.78, 5) is 43.0. The van der Waals surface area contributed by atoms with Crippen LogP contribution >= 0.6 is 0 Å². The zero-order valence-electron chi connectivity index (χ0n) is 23.0. The first-order valence-corrected chi connectivity index (χ1v) is 14.0. The molecule has 0 aliphatic carbocycles. The Morgan fingerprint density at radius 1 is 1.02 bits per heavy atom. The summed E-state index contributed by atoms with van der Waals surface area (Å²) in [5, 5.41) is 6.99. The summed E-state index contributed by atoms with van der Waals surface area (Å²) in [6.07, 6.45) is 0.782. The van der Waals surface area contributed by atoms with Gasteiger partial charge in [0, 0.05) is 57.8 Å². The summed E-state index contributed by atoms with van der Waals surface area (Å²) in [6, 6.07) is 16.8. The molecule has 2 aliphatic rings. The van der Waals surface area contributed by atoms with Crippen LogP contribution in [-0.4, -0.2) is 77.2 Å². The molecule has 1 saturated heterocycles. The molecule has 2 aromatic heterocycles. The Balaban J connectivity index is 1.18. The van der Waals surface area contributed by atoms with E-state index in [4.69, 9.17) is 13.7 Å². The Morgan fingerprint density at radius 2 is 1.88 bits per heavy atom. The summed E-state index contributed by atoms with van der Waals surface area (Å²) >= 11 is 0. The van der Waals surface area contributed by atoms with Crippen molar-refractivity contribution in [3.63, 3.8) is 0 Å². The van der Waals surface area contributed by atoms with Crippen LogP contribution < -0.4 is 15.8 Å². The number of likely N-dealkylation sites (tertiary alicyclic amines) is 1. The van der Waals surface area contributed by atoms with Crippen molar-refractivity contribution in [3.8, 4) is 5.75 Å². The molecule has 2 aromatic carbocycles. The summed E-state index contributed by atoms with van der Waals surface area (Å²) in [6.45, 7) is 5.83. The molecular formula is C30H33N5O6. The average Bonchev–Trinajstić information content (AvgIpc) is 3.69. The minimum atomic E-state index is -0.422. The van der Waals surface area contributed by atoms with E-state index in [-0.39, 0.29) is 35.7 Å². The molecule has 2 aliphatic heterocycles. The van der Waals surface area contributed by atoms with Crippen molar-refractivity contribution in [1.29, 1.82) is 0 Å². The molecule has 0 radical (unpaired) electrons. The van der Waals surface area contributed by atoms with Crippen molar-refractivity contribution >= 4 is 22.9 Å². The molecule has 0 spiro atoms. The van der Waals surface area contributed by atoms with E-state index in [1.165, 1.54) is 0 Å². The zero-order valence-corrected chi connectivity index (χ0v) is 23.0. The Labute approximate surface area is 236 Å². The number of hydrogen-bond acceptors (Lipinski definition) is 8. The number of amides is 2. The number of rotatable bonds is 4. The van der Waals surface area contributed by atoms with Gasteiger partial charge in [0.2, 0.25) is 5.91 Å². The average molecular weight is 560 g/mol. The van der Waals surface area contributed by atoms with Gasteiger partial charge in [-0.05, 0) is 43.2 Å². The molecule has 2 atom stereocenters. The van der Waals surface area contributed by atoms with E-state index in [1.807, 2.05) is 42.5 Å². The van der Waals surface area contributed by atoms with Crippen LogP contribution in [0.1, 0.15) is 34.2 Å². The van der Waals surface area contributed by atoms with Crippen molar-refractivity contribution in [2.45, 2.75) is 25.8 Å². The number of nitrogens with one attached hydrogen (secondary N) is 1. The molecule has 4 aromatic rings. The normalized spacial score (nSPS) is 20.3. The van der Waals surface area contributed by atoms with Gasteiger partial charge in [0.1, 0.15) is 11.5 Å². The lowest BCUT2D eigenvalue weighted by Gasteiger charge is -2.24. The molecule has 214 valence electrons. The molecule has 41 heavy (non-hydrogen) atoms. The second-order valence-corrected chi connectivity index (χ2v) is 10.6. The highest BCUT2D eigenvalue weighted by molar-refractivity contribution is 5.93. The van der Waals surface area contributed by atoms with Gasteiger partial charge in [0.15, 0.2) is 11.3 Å². The van der Waals surface area contributed by atoms with Crippen molar-refractivity contribution in [1.82, 2.24) is 24.8 Å². The topological polar surface area (TPSA) is 123 Å². The molecule has 2 amide bonds. The third-order valence-electron chi connectivity index (χ3n) is 7.91. The molecule has 11 nitrogen and oxygen atoms in total. The smallest absolute Gasteiger partial charge is 0.419 e. The highest BCUT2D eigenvalue weighted by Gasteiger charge is 2.41. The zero-order chi connectivity index (χ0) is 28.3. The number of benzene rings is 2. The monoisotopic (exact) mass is 559 g/mol. The molecule has 4 heterocycles. The second kappa shape index (κ2) is 11.6. The maximum Gasteiger partial charge on any atom is 0.419 e. The van der Waals surface area contributed by atoms with Crippen molar-refractivity contribution in [3.05, 3.63) is 82.2 Å². The van der Waals surface area contributed by atoms with Crippen LogP contribution in [0.3, 0.4) is 0 Å². The summed E-state index contributed by atoms with van der Waals surface area (Å²) < 4.78 is 18.2. The highest BCUT2D eigenvalue weighted by Crippen LogP contribution is 2.35. The molecule has 6 rings (SSSR count). The van der Waals surface area contributed by atoms with Crippen LogP contribution in [0.4, 0.5) is 0 Å². The minimum absolute atomic E-state index is 0.0954. The van der Waals surface area contributed by atoms with Crippen LogP contribution in [0.5, 0.6) is 5.75 Å².